The first kappa shape index (κ1) is 20.4. The summed E-state index contributed by atoms with van der Waals surface area (Å²) in [4.78, 5) is 13.0. The molecule has 144 valence electrons. The molecule has 0 saturated heterocycles. The predicted molar refractivity (Wildman–Crippen MR) is 104 cm³/mol. The molecule has 0 atom stereocenters. The predicted octanol–water partition coefficient (Wildman–Crippen LogP) is 2.16. The Labute approximate surface area is 159 Å². The van der Waals surface area contributed by atoms with Crippen LogP contribution in [0.25, 0.3) is 0 Å². The maximum absolute atomic E-state index is 12.3. The second-order valence-corrected chi connectivity index (χ2v) is 8.61. The molecule has 0 aliphatic carbocycles. The topological polar surface area (TPSA) is 111 Å². The maximum atomic E-state index is 12.3. The Morgan fingerprint density at radius 2 is 1.70 bits per heavy atom. The van der Waals surface area contributed by atoms with E-state index in [9.17, 15) is 13.2 Å². The van der Waals surface area contributed by atoms with E-state index in [-0.39, 0.29) is 16.9 Å². The van der Waals surface area contributed by atoms with Gasteiger partial charge < -0.3 is 10.5 Å². The number of nitrogens with two attached hydrogens (primary N) is 1. The number of nitrogens with one attached hydrogen (secondary N) is 1. The molecule has 0 radical (unpaired) electrons. The van der Waals surface area contributed by atoms with Crippen LogP contribution >= 0.6 is 0 Å². The highest BCUT2D eigenvalue weighted by molar-refractivity contribution is 7.89. The highest BCUT2D eigenvalue weighted by Crippen LogP contribution is 2.23. The van der Waals surface area contributed by atoms with E-state index in [0.29, 0.717) is 11.3 Å². The molecule has 0 fully saturated rings. The summed E-state index contributed by atoms with van der Waals surface area (Å²) >= 11 is 0. The fourth-order valence-corrected chi connectivity index (χ4v) is 2.95. The third-order valence-corrected chi connectivity index (χ3v) is 4.92. The van der Waals surface area contributed by atoms with Crippen LogP contribution in [0.5, 0.6) is 5.75 Å². The molecule has 0 unspecified atom stereocenters. The highest BCUT2D eigenvalue weighted by atomic mass is 32.2. The summed E-state index contributed by atoms with van der Waals surface area (Å²) in [6, 6.07) is 13.3. The van der Waals surface area contributed by atoms with Gasteiger partial charge in [-0.05, 0) is 52.9 Å². The van der Waals surface area contributed by atoms with Gasteiger partial charge in [0.25, 0.3) is 15.9 Å². The van der Waals surface area contributed by atoms with Crippen molar-refractivity contribution in [2.24, 2.45) is 10.8 Å². The maximum Gasteiger partial charge on any atom is 0.276 e. The number of hydrazone groups is 1. The first-order chi connectivity index (χ1) is 12.6. The summed E-state index contributed by atoms with van der Waals surface area (Å²) in [5.74, 6) is -0.0870. The van der Waals surface area contributed by atoms with Crippen molar-refractivity contribution in [1.82, 2.24) is 4.83 Å². The lowest BCUT2D eigenvalue weighted by molar-refractivity contribution is -0.119. The van der Waals surface area contributed by atoms with E-state index in [4.69, 9.17) is 10.5 Å². The van der Waals surface area contributed by atoms with Crippen LogP contribution in [-0.2, 0) is 20.2 Å². The second kappa shape index (κ2) is 8.22. The molecule has 1 amide bonds. The lowest BCUT2D eigenvalue weighted by Crippen LogP contribution is -2.20. The van der Waals surface area contributed by atoms with Crippen molar-refractivity contribution < 1.29 is 17.9 Å². The van der Waals surface area contributed by atoms with Gasteiger partial charge in [0.15, 0.2) is 6.61 Å². The van der Waals surface area contributed by atoms with Gasteiger partial charge in [0.2, 0.25) is 0 Å². The number of nitrogens with zero attached hydrogens (tertiary/aromatic N) is 1. The van der Waals surface area contributed by atoms with Crippen LogP contribution in [0, 0.1) is 0 Å². The summed E-state index contributed by atoms with van der Waals surface area (Å²) in [6.45, 7) is 5.97. The summed E-state index contributed by atoms with van der Waals surface area (Å²) in [5.41, 5.74) is 6.65. The molecule has 0 aromatic heterocycles. The first-order valence-electron chi connectivity index (χ1n) is 8.24. The Balaban J connectivity index is 2.01. The van der Waals surface area contributed by atoms with E-state index < -0.39 is 15.9 Å². The number of rotatable bonds is 7. The van der Waals surface area contributed by atoms with E-state index in [0.717, 1.165) is 5.56 Å². The largest absolute Gasteiger partial charge is 0.484 e. The minimum atomic E-state index is -3.74. The number of hydrogen-bond donors (Lipinski definition) is 2. The normalized spacial score (nSPS) is 12.1. The molecule has 27 heavy (non-hydrogen) atoms. The first-order valence-corrected chi connectivity index (χ1v) is 9.73. The smallest absolute Gasteiger partial charge is 0.276 e. The van der Waals surface area contributed by atoms with Gasteiger partial charge >= 0.3 is 0 Å². The number of carbonyl (C=O) groups excluding carboxylic acids is 1. The van der Waals surface area contributed by atoms with Gasteiger partial charge in [0.1, 0.15) is 5.75 Å². The van der Waals surface area contributed by atoms with Crippen molar-refractivity contribution in [3.8, 4) is 5.75 Å². The van der Waals surface area contributed by atoms with E-state index in [1.54, 1.807) is 48.5 Å². The van der Waals surface area contributed by atoms with Crippen LogP contribution in [0.3, 0.4) is 0 Å². The number of hydrogen-bond acceptors (Lipinski definition) is 5. The molecule has 2 aromatic carbocycles. The molecule has 2 aromatic rings. The van der Waals surface area contributed by atoms with Crippen molar-refractivity contribution in [3.05, 3.63) is 59.7 Å². The quantitative estimate of drug-likeness (QED) is 0.558. The van der Waals surface area contributed by atoms with E-state index in [2.05, 4.69) is 30.7 Å². The third-order valence-electron chi connectivity index (χ3n) is 3.68. The molecule has 0 spiro atoms. The minimum absolute atomic E-state index is 0.0544. The van der Waals surface area contributed by atoms with Gasteiger partial charge in [-0.15, -0.1) is 0 Å². The van der Waals surface area contributed by atoms with Crippen LogP contribution < -0.4 is 15.3 Å². The number of amides is 1. The van der Waals surface area contributed by atoms with Crippen molar-refractivity contribution in [2.45, 2.75) is 31.1 Å². The Morgan fingerprint density at radius 1 is 1.11 bits per heavy atom. The van der Waals surface area contributed by atoms with Crippen LogP contribution in [0.2, 0.25) is 0 Å². The summed E-state index contributed by atoms with van der Waals surface area (Å²) in [6.07, 6.45) is 1.37. The Hall–Kier alpha value is -2.87. The average molecular weight is 389 g/mol. The SMILES string of the molecule is CC(C)(C)c1ccc(S(=O)(=O)NN=Cc2ccc(OCC(N)=O)cc2)cc1. The molecule has 3 N–H and O–H groups in total. The lowest BCUT2D eigenvalue weighted by atomic mass is 9.87. The number of sulfonamides is 1. The zero-order valence-electron chi connectivity index (χ0n) is 15.5. The van der Waals surface area contributed by atoms with E-state index in [1.165, 1.54) is 6.21 Å². The highest BCUT2D eigenvalue weighted by Gasteiger charge is 2.16. The van der Waals surface area contributed by atoms with Crippen molar-refractivity contribution in [3.63, 3.8) is 0 Å². The molecule has 2 rings (SSSR count). The molecular weight excluding hydrogens is 366 g/mol. The van der Waals surface area contributed by atoms with Gasteiger partial charge in [-0.3, -0.25) is 4.79 Å². The molecule has 0 aliphatic rings. The van der Waals surface area contributed by atoms with Crippen LogP contribution in [0.15, 0.2) is 58.5 Å². The van der Waals surface area contributed by atoms with Crippen LogP contribution in [0.4, 0.5) is 0 Å². The molecular formula is C19H23N3O4S. The third kappa shape index (κ3) is 6.10. The standard InChI is InChI=1S/C19H23N3O4S/c1-19(2,3)15-6-10-17(11-7-15)27(24,25)22-21-12-14-4-8-16(9-5-14)26-13-18(20)23/h4-12,22H,13H2,1-3H3,(H2,20,23). The minimum Gasteiger partial charge on any atom is -0.484 e. The monoisotopic (exact) mass is 389 g/mol. The van der Waals surface area contributed by atoms with Crippen LogP contribution in [-0.4, -0.2) is 27.1 Å². The van der Waals surface area contributed by atoms with Gasteiger partial charge in [0.05, 0.1) is 11.1 Å². The van der Waals surface area contributed by atoms with Crippen LogP contribution in [0.1, 0.15) is 31.9 Å². The number of ether oxygens (including phenoxy) is 1. The fourth-order valence-electron chi connectivity index (χ4n) is 2.16. The van der Waals surface area contributed by atoms with Crippen molar-refractivity contribution >= 4 is 22.1 Å². The number of carbonyl (C=O) groups is 1. The average Bonchev–Trinajstić information content (AvgIpc) is 2.60. The Kier molecular flexibility index (Phi) is 6.22. The van der Waals surface area contributed by atoms with Gasteiger partial charge in [-0.1, -0.05) is 32.9 Å². The van der Waals surface area contributed by atoms with Gasteiger partial charge in [-0.25, -0.2) is 4.83 Å². The number of primary amides is 1. The van der Waals surface area contributed by atoms with E-state index in [1.807, 2.05) is 0 Å². The van der Waals surface area contributed by atoms with Crippen molar-refractivity contribution in [1.29, 1.82) is 0 Å². The van der Waals surface area contributed by atoms with E-state index >= 15 is 0 Å². The number of benzene rings is 2. The molecule has 0 saturated carbocycles. The molecule has 7 nitrogen and oxygen atoms in total. The second-order valence-electron chi connectivity index (χ2n) is 6.95. The summed E-state index contributed by atoms with van der Waals surface area (Å²) in [7, 11) is -3.74. The molecule has 0 heterocycles. The Morgan fingerprint density at radius 3 is 2.22 bits per heavy atom. The molecule has 8 heteroatoms. The van der Waals surface area contributed by atoms with Gasteiger partial charge in [-0.2, -0.15) is 13.5 Å². The molecule has 0 bridgehead atoms. The van der Waals surface area contributed by atoms with Crippen molar-refractivity contribution in [2.75, 3.05) is 6.61 Å². The van der Waals surface area contributed by atoms with Gasteiger partial charge in [0, 0.05) is 0 Å². The lowest BCUT2D eigenvalue weighted by Gasteiger charge is -2.19. The zero-order chi connectivity index (χ0) is 20.1. The summed E-state index contributed by atoms with van der Waals surface area (Å²) < 4.78 is 29.7. The fraction of sp³-hybridized carbons (Fsp3) is 0.263. The zero-order valence-corrected chi connectivity index (χ0v) is 16.3. The molecule has 0 aliphatic heterocycles. The summed E-state index contributed by atoms with van der Waals surface area (Å²) in [5, 5.41) is 3.79. The Bertz CT molecular complexity index is 913.